The van der Waals surface area contributed by atoms with E-state index in [9.17, 15) is 4.79 Å². The number of nitrogens with zero attached hydrogens (tertiary/aromatic N) is 1. The Morgan fingerprint density at radius 1 is 1.19 bits per heavy atom. The highest BCUT2D eigenvalue weighted by Crippen LogP contribution is 2.27. The lowest BCUT2D eigenvalue weighted by molar-refractivity contribution is 0.0524. The minimum absolute atomic E-state index is 0.288. The van der Waals surface area contributed by atoms with Crippen molar-refractivity contribution >= 4 is 34.1 Å². The van der Waals surface area contributed by atoms with Gasteiger partial charge in [-0.1, -0.05) is 24.3 Å². The summed E-state index contributed by atoms with van der Waals surface area (Å²) in [5.41, 5.74) is 0.375. The fourth-order valence-corrected chi connectivity index (χ4v) is 1.95. The Labute approximate surface area is 129 Å². The molecule has 0 radical (unpaired) electrons. The van der Waals surface area contributed by atoms with E-state index in [1.54, 1.807) is 38.1 Å². The van der Waals surface area contributed by atoms with Gasteiger partial charge >= 0.3 is 5.97 Å². The van der Waals surface area contributed by atoms with E-state index in [2.05, 4.69) is 0 Å². The first-order chi connectivity index (χ1) is 10.0. The van der Waals surface area contributed by atoms with Crippen LogP contribution >= 0.6 is 12.2 Å². The molecular weight excluding hydrogens is 286 g/mol. The average molecular weight is 303 g/mol. The van der Waals surface area contributed by atoms with Gasteiger partial charge in [-0.3, -0.25) is 0 Å². The van der Waals surface area contributed by atoms with Crippen molar-refractivity contribution in [3.8, 4) is 5.75 Å². The lowest BCUT2D eigenvalue weighted by atomic mass is 10.1. The Hall–Kier alpha value is -2.14. The second-order valence-electron chi connectivity index (χ2n) is 4.68. The van der Waals surface area contributed by atoms with Gasteiger partial charge in [-0.05, 0) is 42.0 Å². The number of hydrogen-bond donors (Lipinski definition) is 0. The molecule has 110 valence electrons. The fraction of sp³-hybridized carbons (Fsp3) is 0.250. The molecule has 2 rings (SSSR count). The van der Waals surface area contributed by atoms with E-state index < -0.39 is 5.97 Å². The molecule has 0 aliphatic carbocycles. The number of carbonyl (C=O) groups excluding carboxylic acids is 1. The van der Waals surface area contributed by atoms with Gasteiger partial charge in [-0.15, -0.1) is 0 Å². The molecule has 0 bridgehead atoms. The maximum Gasteiger partial charge on any atom is 0.341 e. The van der Waals surface area contributed by atoms with Crippen LogP contribution in [0.5, 0.6) is 5.75 Å². The molecule has 21 heavy (non-hydrogen) atoms. The average Bonchev–Trinajstić information content (AvgIpc) is 2.46. The molecule has 0 aliphatic rings. The van der Waals surface area contributed by atoms with Gasteiger partial charge < -0.3 is 14.4 Å². The highest BCUT2D eigenvalue weighted by Gasteiger charge is 2.17. The smallest absolute Gasteiger partial charge is 0.341 e. The second-order valence-corrected chi connectivity index (χ2v) is 5.03. The first-order valence-electron chi connectivity index (χ1n) is 6.62. The zero-order valence-corrected chi connectivity index (χ0v) is 13.1. The number of hydrogen-bond acceptors (Lipinski definition) is 4. The fourth-order valence-electron chi connectivity index (χ4n) is 1.86. The molecule has 0 aliphatic heterocycles. The summed E-state index contributed by atoms with van der Waals surface area (Å²) in [4.78, 5) is 13.8. The van der Waals surface area contributed by atoms with Crippen molar-refractivity contribution in [2.75, 3.05) is 20.7 Å². The predicted molar refractivity (Wildman–Crippen MR) is 86.8 cm³/mol. The van der Waals surface area contributed by atoms with Crippen LogP contribution in [-0.2, 0) is 4.74 Å². The van der Waals surface area contributed by atoms with E-state index in [1.807, 2.05) is 24.3 Å². The number of ether oxygens (including phenoxy) is 2. The topological polar surface area (TPSA) is 38.8 Å². The van der Waals surface area contributed by atoms with Crippen LogP contribution < -0.4 is 4.74 Å². The summed E-state index contributed by atoms with van der Waals surface area (Å²) < 4.78 is 10.7. The standard InChI is InChI=1S/C16H17NO3S/c1-4-19-15(18)13-9-11-7-5-6-8-12(11)10-14(13)20-16(21)17(2)3/h5-10H,4H2,1-3H3. The van der Waals surface area contributed by atoms with Crippen LogP contribution in [-0.4, -0.2) is 36.7 Å². The van der Waals surface area contributed by atoms with Gasteiger partial charge in [0.05, 0.1) is 6.61 Å². The molecule has 0 saturated heterocycles. The van der Waals surface area contributed by atoms with Crippen LogP contribution in [0.25, 0.3) is 10.8 Å². The van der Waals surface area contributed by atoms with Crippen molar-refractivity contribution < 1.29 is 14.3 Å². The third kappa shape index (κ3) is 3.49. The Morgan fingerprint density at radius 3 is 2.38 bits per heavy atom. The molecule has 0 saturated carbocycles. The van der Waals surface area contributed by atoms with E-state index >= 15 is 0 Å². The number of carbonyl (C=O) groups is 1. The van der Waals surface area contributed by atoms with Crippen LogP contribution in [0, 0.1) is 0 Å². The van der Waals surface area contributed by atoms with Gasteiger partial charge in [0.15, 0.2) is 0 Å². The summed E-state index contributed by atoms with van der Waals surface area (Å²) in [6.07, 6.45) is 0. The van der Waals surface area contributed by atoms with Crippen molar-refractivity contribution in [1.29, 1.82) is 0 Å². The normalized spacial score (nSPS) is 10.2. The highest BCUT2D eigenvalue weighted by atomic mass is 32.1. The van der Waals surface area contributed by atoms with Gasteiger partial charge in [-0.2, -0.15) is 0 Å². The largest absolute Gasteiger partial charge is 0.462 e. The molecule has 5 heteroatoms. The van der Waals surface area contributed by atoms with Crippen LogP contribution in [0.15, 0.2) is 36.4 Å². The maximum atomic E-state index is 12.1. The number of esters is 1. The molecule has 0 heterocycles. The van der Waals surface area contributed by atoms with E-state index in [0.29, 0.717) is 17.9 Å². The minimum Gasteiger partial charge on any atom is -0.462 e. The lowest BCUT2D eigenvalue weighted by Gasteiger charge is -2.16. The van der Waals surface area contributed by atoms with Crippen LogP contribution in [0.1, 0.15) is 17.3 Å². The third-order valence-corrected chi connectivity index (χ3v) is 3.35. The minimum atomic E-state index is -0.417. The highest BCUT2D eigenvalue weighted by molar-refractivity contribution is 7.80. The predicted octanol–water partition coefficient (Wildman–Crippen LogP) is 3.24. The number of benzene rings is 2. The molecule has 2 aromatic carbocycles. The first kappa shape index (κ1) is 15.3. The molecule has 0 amide bonds. The Balaban J connectivity index is 2.50. The van der Waals surface area contributed by atoms with Crippen molar-refractivity contribution in [1.82, 2.24) is 4.90 Å². The molecular formula is C16H17NO3S. The van der Waals surface area contributed by atoms with Crippen LogP contribution in [0.3, 0.4) is 0 Å². The third-order valence-electron chi connectivity index (χ3n) is 2.91. The molecule has 0 spiro atoms. The molecule has 0 atom stereocenters. The maximum absolute atomic E-state index is 12.1. The Morgan fingerprint density at radius 2 is 1.81 bits per heavy atom. The van der Waals surface area contributed by atoms with Gasteiger partial charge in [-0.25, -0.2) is 4.79 Å². The summed E-state index contributed by atoms with van der Waals surface area (Å²) in [5, 5.41) is 2.21. The number of fused-ring (bicyclic) bond motifs is 1. The van der Waals surface area contributed by atoms with Crippen molar-refractivity contribution in [2.24, 2.45) is 0 Å². The first-order valence-corrected chi connectivity index (χ1v) is 7.02. The molecule has 0 N–H and O–H groups in total. The monoisotopic (exact) mass is 303 g/mol. The van der Waals surface area contributed by atoms with Gasteiger partial charge in [0, 0.05) is 14.1 Å². The summed E-state index contributed by atoms with van der Waals surface area (Å²) in [6, 6.07) is 11.3. The molecule has 0 aromatic heterocycles. The van der Waals surface area contributed by atoms with Crippen molar-refractivity contribution in [3.63, 3.8) is 0 Å². The van der Waals surface area contributed by atoms with Gasteiger partial charge in [0.1, 0.15) is 11.3 Å². The zero-order valence-electron chi connectivity index (χ0n) is 12.3. The van der Waals surface area contributed by atoms with Crippen LogP contribution in [0.2, 0.25) is 0 Å². The van der Waals surface area contributed by atoms with E-state index in [-0.39, 0.29) is 5.17 Å². The van der Waals surface area contributed by atoms with Gasteiger partial charge in [0.25, 0.3) is 5.17 Å². The molecule has 0 fully saturated rings. The zero-order chi connectivity index (χ0) is 15.4. The molecule has 0 unspecified atom stereocenters. The lowest BCUT2D eigenvalue weighted by Crippen LogP contribution is -2.25. The van der Waals surface area contributed by atoms with E-state index in [4.69, 9.17) is 21.7 Å². The second kappa shape index (κ2) is 6.54. The van der Waals surface area contributed by atoms with Crippen LogP contribution in [0.4, 0.5) is 0 Å². The Kier molecular flexibility index (Phi) is 4.75. The number of rotatable bonds is 3. The van der Waals surface area contributed by atoms with Crippen molar-refractivity contribution in [2.45, 2.75) is 6.92 Å². The quantitative estimate of drug-likeness (QED) is 0.643. The van der Waals surface area contributed by atoms with E-state index in [0.717, 1.165) is 10.8 Å². The van der Waals surface area contributed by atoms with Gasteiger partial charge in [0.2, 0.25) is 0 Å². The summed E-state index contributed by atoms with van der Waals surface area (Å²) in [7, 11) is 3.57. The van der Waals surface area contributed by atoms with E-state index in [1.165, 1.54) is 0 Å². The summed E-state index contributed by atoms with van der Waals surface area (Å²) in [5.74, 6) is -0.00865. The summed E-state index contributed by atoms with van der Waals surface area (Å²) in [6.45, 7) is 2.08. The SMILES string of the molecule is CCOC(=O)c1cc2ccccc2cc1OC(=S)N(C)C. The molecule has 2 aromatic rings. The Bertz CT molecular complexity index is 682. The number of thiocarbonyl (C=S) groups is 1. The molecule has 4 nitrogen and oxygen atoms in total. The summed E-state index contributed by atoms with van der Waals surface area (Å²) >= 11 is 5.15. The van der Waals surface area contributed by atoms with Crippen molar-refractivity contribution in [3.05, 3.63) is 42.0 Å².